The molecule has 0 N–H and O–H groups in total. The molecular weight excluding hydrogens is 351 g/mol. The van der Waals surface area contributed by atoms with Crippen LogP contribution in [0.5, 0.6) is 5.75 Å². The standard InChI is InChI=1S/C22H24O4.Na/c1-14(22(24)25)16-6-7-17(12-18-4-3-5-21(18)23)20(13-16)15-8-10-19(26-2)11-9-15;/h6-11,13-14,18H,3-5,12H2,1-2H3,(H,24,25);/q;+1/p-1. The smallest absolute Gasteiger partial charge is 0.550 e. The van der Waals surface area contributed by atoms with E-state index < -0.39 is 11.9 Å². The number of methoxy groups -OCH3 is 1. The molecule has 1 aliphatic rings. The van der Waals surface area contributed by atoms with Crippen molar-refractivity contribution in [3.05, 3.63) is 53.6 Å². The summed E-state index contributed by atoms with van der Waals surface area (Å²) >= 11 is 0. The van der Waals surface area contributed by atoms with E-state index in [2.05, 4.69) is 0 Å². The molecule has 3 rings (SSSR count). The van der Waals surface area contributed by atoms with E-state index in [0.717, 1.165) is 35.3 Å². The number of ketones is 1. The molecule has 2 aromatic rings. The third kappa shape index (κ3) is 5.01. The molecular formula is C22H23NaO4. The molecule has 0 aromatic heterocycles. The van der Waals surface area contributed by atoms with E-state index in [-0.39, 0.29) is 35.5 Å². The summed E-state index contributed by atoms with van der Waals surface area (Å²) in [5.41, 5.74) is 3.73. The van der Waals surface area contributed by atoms with Crippen LogP contribution in [0.4, 0.5) is 0 Å². The quantitative estimate of drug-likeness (QED) is 0.675. The molecule has 0 amide bonds. The predicted molar refractivity (Wildman–Crippen MR) is 97.9 cm³/mol. The summed E-state index contributed by atoms with van der Waals surface area (Å²) in [4.78, 5) is 23.3. The van der Waals surface area contributed by atoms with Gasteiger partial charge in [-0.05, 0) is 53.6 Å². The number of carboxylic acids is 1. The maximum Gasteiger partial charge on any atom is 1.00 e. The van der Waals surface area contributed by atoms with Crippen molar-refractivity contribution in [2.75, 3.05) is 7.11 Å². The molecule has 5 heteroatoms. The Bertz CT molecular complexity index is 814. The first-order valence-electron chi connectivity index (χ1n) is 9.00. The Morgan fingerprint density at radius 2 is 1.93 bits per heavy atom. The van der Waals surface area contributed by atoms with E-state index in [1.165, 1.54) is 0 Å². The zero-order chi connectivity index (χ0) is 18.7. The van der Waals surface area contributed by atoms with Gasteiger partial charge < -0.3 is 14.6 Å². The largest absolute Gasteiger partial charge is 1.00 e. The van der Waals surface area contributed by atoms with Gasteiger partial charge >= 0.3 is 29.6 Å². The average molecular weight is 374 g/mol. The van der Waals surface area contributed by atoms with Crippen molar-refractivity contribution in [2.45, 2.75) is 38.5 Å². The van der Waals surface area contributed by atoms with Crippen LogP contribution in [0.1, 0.15) is 43.2 Å². The maximum absolute atomic E-state index is 12.1. The van der Waals surface area contributed by atoms with Crippen molar-refractivity contribution in [3.8, 4) is 16.9 Å². The first kappa shape index (κ1) is 21.7. The molecule has 0 aliphatic heterocycles. The molecule has 0 heterocycles. The molecule has 27 heavy (non-hydrogen) atoms. The average Bonchev–Trinajstić information content (AvgIpc) is 3.06. The maximum atomic E-state index is 12.1. The number of hydrogen-bond donors (Lipinski definition) is 0. The van der Waals surface area contributed by atoms with Gasteiger partial charge in [0.05, 0.1) is 7.11 Å². The van der Waals surface area contributed by atoms with Crippen LogP contribution < -0.4 is 39.4 Å². The second-order valence-electron chi connectivity index (χ2n) is 6.95. The van der Waals surface area contributed by atoms with E-state index in [1.807, 2.05) is 42.5 Å². The van der Waals surface area contributed by atoms with Crippen molar-refractivity contribution < 1.29 is 49.0 Å². The van der Waals surface area contributed by atoms with Crippen LogP contribution in [0.15, 0.2) is 42.5 Å². The Balaban J connectivity index is 0.00000261. The Labute approximate surface area is 182 Å². The van der Waals surface area contributed by atoms with Gasteiger partial charge in [-0.2, -0.15) is 0 Å². The molecule has 2 aromatic carbocycles. The SMILES string of the molecule is COc1ccc(-c2cc(C(C)C(=O)[O-])ccc2CC2CCCC2=O)cc1.[Na+]. The first-order chi connectivity index (χ1) is 12.5. The second-order valence-corrected chi connectivity index (χ2v) is 6.95. The number of benzene rings is 2. The van der Waals surface area contributed by atoms with Crippen LogP contribution in [-0.4, -0.2) is 18.9 Å². The van der Waals surface area contributed by atoms with E-state index in [1.54, 1.807) is 14.0 Å². The molecule has 0 spiro atoms. The van der Waals surface area contributed by atoms with Gasteiger partial charge in [-0.15, -0.1) is 0 Å². The fourth-order valence-corrected chi connectivity index (χ4v) is 3.59. The monoisotopic (exact) mass is 374 g/mol. The van der Waals surface area contributed by atoms with Crippen molar-refractivity contribution in [2.24, 2.45) is 5.92 Å². The number of carbonyl (C=O) groups excluding carboxylic acids is 2. The number of rotatable bonds is 6. The normalized spacial score (nSPS) is 17.3. The molecule has 136 valence electrons. The van der Waals surface area contributed by atoms with E-state index in [4.69, 9.17) is 4.74 Å². The van der Waals surface area contributed by atoms with Crippen LogP contribution in [-0.2, 0) is 16.0 Å². The summed E-state index contributed by atoms with van der Waals surface area (Å²) < 4.78 is 5.22. The summed E-state index contributed by atoms with van der Waals surface area (Å²) in [7, 11) is 1.62. The minimum Gasteiger partial charge on any atom is -0.550 e. The minimum atomic E-state index is -1.09. The summed E-state index contributed by atoms with van der Waals surface area (Å²) in [5, 5.41) is 11.3. The summed E-state index contributed by atoms with van der Waals surface area (Å²) in [6.45, 7) is 1.63. The molecule has 2 atom stereocenters. The second kappa shape index (κ2) is 9.54. The molecule has 2 unspecified atom stereocenters. The van der Waals surface area contributed by atoms with Crippen molar-refractivity contribution in [1.29, 1.82) is 0 Å². The van der Waals surface area contributed by atoms with Crippen LogP contribution in [0, 0.1) is 5.92 Å². The van der Waals surface area contributed by atoms with Gasteiger partial charge in [0, 0.05) is 24.2 Å². The summed E-state index contributed by atoms with van der Waals surface area (Å²) in [6.07, 6.45) is 3.25. The topological polar surface area (TPSA) is 66.4 Å². The van der Waals surface area contributed by atoms with Crippen LogP contribution in [0.2, 0.25) is 0 Å². The Morgan fingerprint density at radius 1 is 1.22 bits per heavy atom. The molecule has 4 nitrogen and oxygen atoms in total. The third-order valence-electron chi connectivity index (χ3n) is 5.29. The fourth-order valence-electron chi connectivity index (χ4n) is 3.59. The molecule has 0 radical (unpaired) electrons. The Morgan fingerprint density at radius 3 is 2.48 bits per heavy atom. The van der Waals surface area contributed by atoms with E-state index in [0.29, 0.717) is 24.2 Å². The Hall–Kier alpha value is -1.62. The molecule has 0 bridgehead atoms. The zero-order valence-corrected chi connectivity index (χ0v) is 18.2. The Kier molecular flexibility index (Phi) is 7.66. The van der Waals surface area contributed by atoms with Crippen LogP contribution in [0.3, 0.4) is 0 Å². The van der Waals surface area contributed by atoms with Crippen LogP contribution >= 0.6 is 0 Å². The number of hydrogen-bond acceptors (Lipinski definition) is 4. The van der Waals surface area contributed by atoms with Crippen LogP contribution in [0.25, 0.3) is 11.1 Å². The van der Waals surface area contributed by atoms with Gasteiger partial charge in [-0.25, -0.2) is 0 Å². The molecule has 1 aliphatic carbocycles. The molecule has 1 fully saturated rings. The van der Waals surface area contributed by atoms with Gasteiger partial charge in [0.25, 0.3) is 0 Å². The van der Waals surface area contributed by atoms with Gasteiger partial charge in [-0.3, -0.25) is 4.79 Å². The first-order valence-corrected chi connectivity index (χ1v) is 9.00. The van der Waals surface area contributed by atoms with Crippen molar-refractivity contribution in [1.82, 2.24) is 0 Å². The number of carboxylic acid groups (broad SMARTS) is 1. The predicted octanol–water partition coefficient (Wildman–Crippen LogP) is 0.131. The summed E-state index contributed by atoms with van der Waals surface area (Å²) in [6, 6.07) is 13.4. The van der Waals surface area contributed by atoms with Gasteiger partial charge in [0.1, 0.15) is 11.5 Å². The van der Waals surface area contributed by atoms with E-state index in [9.17, 15) is 14.7 Å². The van der Waals surface area contributed by atoms with Gasteiger partial charge in [-0.1, -0.05) is 37.3 Å². The number of ether oxygens (including phenoxy) is 1. The molecule has 1 saturated carbocycles. The number of carbonyl (C=O) groups is 2. The molecule has 0 saturated heterocycles. The van der Waals surface area contributed by atoms with E-state index >= 15 is 0 Å². The van der Waals surface area contributed by atoms with Gasteiger partial charge in [0.2, 0.25) is 0 Å². The van der Waals surface area contributed by atoms with Crippen molar-refractivity contribution >= 4 is 11.8 Å². The zero-order valence-electron chi connectivity index (χ0n) is 16.2. The van der Waals surface area contributed by atoms with Gasteiger partial charge in [0.15, 0.2) is 0 Å². The summed E-state index contributed by atoms with van der Waals surface area (Å²) in [5.74, 6) is -0.617. The number of aliphatic carboxylic acids is 1. The van der Waals surface area contributed by atoms with Crippen molar-refractivity contribution in [3.63, 3.8) is 0 Å². The fraction of sp³-hybridized carbons (Fsp3) is 0.364. The third-order valence-corrected chi connectivity index (χ3v) is 5.29. The number of Topliss-reactive ketones (excluding diaryl/α,β-unsaturated/α-hetero) is 1. The minimum absolute atomic E-state index is 0.